The lowest BCUT2D eigenvalue weighted by atomic mass is 10.0. The minimum atomic E-state index is -0.454. The van der Waals surface area contributed by atoms with Crippen LogP contribution in [0.5, 0.6) is 0 Å². The van der Waals surface area contributed by atoms with Gasteiger partial charge in [0.25, 0.3) is 0 Å². The first kappa shape index (κ1) is 15.7. The second-order valence-electron chi connectivity index (χ2n) is 5.59. The summed E-state index contributed by atoms with van der Waals surface area (Å²) in [5.41, 5.74) is 7.11. The van der Waals surface area contributed by atoms with Crippen molar-refractivity contribution >= 4 is 17.0 Å². The summed E-state index contributed by atoms with van der Waals surface area (Å²) >= 11 is 0. The Bertz CT molecular complexity index is 566. The molecular weight excluding hydrogens is 266 g/mol. The molecule has 0 fully saturated rings. The summed E-state index contributed by atoms with van der Waals surface area (Å²) in [6.07, 6.45) is 9.66. The van der Waals surface area contributed by atoms with Crippen molar-refractivity contribution in [1.82, 2.24) is 19.5 Å². The van der Waals surface area contributed by atoms with Crippen molar-refractivity contribution in [2.24, 2.45) is 0 Å². The summed E-state index contributed by atoms with van der Waals surface area (Å²) in [4.78, 5) is 12.5. The van der Waals surface area contributed by atoms with E-state index in [0.717, 1.165) is 12.8 Å². The fourth-order valence-corrected chi connectivity index (χ4v) is 2.68. The number of nitrogens with two attached hydrogens (primary N) is 1. The van der Waals surface area contributed by atoms with Gasteiger partial charge >= 0.3 is 0 Å². The Morgan fingerprint density at radius 2 is 1.95 bits per heavy atom. The molecule has 0 radical (unpaired) electrons. The first-order chi connectivity index (χ1) is 10.1. The number of hydrogen-bond donors (Lipinski definition) is 2. The average Bonchev–Trinajstić information content (AvgIpc) is 2.88. The van der Waals surface area contributed by atoms with Crippen LogP contribution in [0.3, 0.4) is 0 Å². The molecule has 0 aliphatic rings. The number of nitrogen functional groups attached to an aromatic ring is 1. The molecule has 6 heteroatoms. The summed E-state index contributed by atoms with van der Waals surface area (Å²) in [7, 11) is 0. The van der Waals surface area contributed by atoms with Gasteiger partial charge in [0.1, 0.15) is 11.8 Å². The van der Waals surface area contributed by atoms with Gasteiger partial charge in [0.15, 0.2) is 11.5 Å². The van der Waals surface area contributed by atoms with Crippen molar-refractivity contribution in [3.05, 3.63) is 12.7 Å². The maximum atomic E-state index is 10.1. The van der Waals surface area contributed by atoms with E-state index in [1.807, 2.05) is 11.5 Å². The summed E-state index contributed by atoms with van der Waals surface area (Å²) in [6.45, 7) is 4.02. The van der Waals surface area contributed by atoms with Gasteiger partial charge in [-0.05, 0) is 13.3 Å². The zero-order chi connectivity index (χ0) is 15.2. The molecule has 2 aromatic heterocycles. The SMILES string of the molecule is CCCCCCC[C@@H]([C@H](C)O)n1cnc2c(N)ncnc21. The molecule has 116 valence electrons. The van der Waals surface area contributed by atoms with Crippen LogP contribution in [-0.4, -0.2) is 30.7 Å². The predicted octanol–water partition coefficient (Wildman–Crippen LogP) is 2.69. The van der Waals surface area contributed by atoms with Crippen molar-refractivity contribution < 1.29 is 5.11 Å². The molecule has 6 nitrogen and oxygen atoms in total. The van der Waals surface area contributed by atoms with E-state index >= 15 is 0 Å². The molecule has 0 bridgehead atoms. The molecular formula is C15H25N5O. The molecule has 2 atom stereocenters. The Balaban J connectivity index is 2.11. The smallest absolute Gasteiger partial charge is 0.165 e. The Kier molecular flexibility index (Phi) is 5.50. The Labute approximate surface area is 125 Å². The number of aliphatic hydroxyl groups is 1. The van der Waals surface area contributed by atoms with Crippen molar-refractivity contribution in [2.45, 2.75) is 64.5 Å². The highest BCUT2D eigenvalue weighted by molar-refractivity contribution is 5.81. The van der Waals surface area contributed by atoms with E-state index in [-0.39, 0.29) is 6.04 Å². The molecule has 0 amide bonds. The summed E-state index contributed by atoms with van der Waals surface area (Å²) in [6, 6.07) is -0.0223. The van der Waals surface area contributed by atoms with E-state index in [0.29, 0.717) is 17.0 Å². The Morgan fingerprint density at radius 1 is 1.19 bits per heavy atom. The van der Waals surface area contributed by atoms with Crippen molar-refractivity contribution in [3.8, 4) is 0 Å². The van der Waals surface area contributed by atoms with Crippen LogP contribution in [0.4, 0.5) is 5.82 Å². The molecule has 0 spiro atoms. The van der Waals surface area contributed by atoms with Crippen LogP contribution in [0.2, 0.25) is 0 Å². The molecule has 2 aromatic rings. The van der Waals surface area contributed by atoms with E-state index in [1.165, 1.54) is 32.0 Å². The predicted molar refractivity (Wildman–Crippen MR) is 83.8 cm³/mol. The van der Waals surface area contributed by atoms with Gasteiger partial charge in [-0.2, -0.15) is 0 Å². The molecule has 2 rings (SSSR count). The fraction of sp³-hybridized carbons (Fsp3) is 0.667. The molecule has 0 aromatic carbocycles. The summed E-state index contributed by atoms with van der Waals surface area (Å²) in [5, 5.41) is 10.1. The number of rotatable bonds is 8. The maximum absolute atomic E-state index is 10.1. The van der Waals surface area contributed by atoms with Gasteiger partial charge in [-0.25, -0.2) is 15.0 Å². The fourth-order valence-electron chi connectivity index (χ4n) is 2.68. The average molecular weight is 291 g/mol. The normalized spacial score (nSPS) is 14.4. The van der Waals surface area contributed by atoms with Gasteiger partial charge in [0.2, 0.25) is 0 Å². The highest BCUT2D eigenvalue weighted by Gasteiger charge is 2.20. The number of hydrogen-bond acceptors (Lipinski definition) is 5. The van der Waals surface area contributed by atoms with Crippen LogP contribution in [0.15, 0.2) is 12.7 Å². The molecule has 0 saturated heterocycles. The van der Waals surface area contributed by atoms with Gasteiger partial charge in [0, 0.05) is 0 Å². The first-order valence-electron chi connectivity index (χ1n) is 7.76. The minimum Gasteiger partial charge on any atom is -0.391 e. The third-order valence-electron chi connectivity index (χ3n) is 3.90. The van der Waals surface area contributed by atoms with Gasteiger partial charge in [-0.15, -0.1) is 0 Å². The van der Waals surface area contributed by atoms with Crippen molar-refractivity contribution in [2.75, 3.05) is 5.73 Å². The zero-order valence-corrected chi connectivity index (χ0v) is 12.9. The summed E-state index contributed by atoms with van der Waals surface area (Å²) in [5.74, 6) is 0.381. The van der Waals surface area contributed by atoms with Crippen LogP contribution < -0.4 is 5.73 Å². The number of aliphatic hydroxyl groups excluding tert-OH is 1. The number of imidazole rings is 1. The highest BCUT2D eigenvalue weighted by atomic mass is 16.3. The van der Waals surface area contributed by atoms with Crippen molar-refractivity contribution in [1.29, 1.82) is 0 Å². The van der Waals surface area contributed by atoms with Crippen molar-refractivity contribution in [3.63, 3.8) is 0 Å². The van der Waals surface area contributed by atoms with Gasteiger partial charge in [-0.3, -0.25) is 0 Å². The monoisotopic (exact) mass is 291 g/mol. The standard InChI is InChI=1S/C15H25N5O/c1-3-4-5-6-7-8-12(11(2)21)20-10-19-13-14(16)17-9-18-15(13)20/h9-12,21H,3-8H2,1-2H3,(H2,16,17,18)/t11-,12-/m0/s1. The number of aromatic nitrogens is 4. The van der Waals surface area contributed by atoms with Gasteiger partial charge < -0.3 is 15.4 Å². The first-order valence-corrected chi connectivity index (χ1v) is 7.76. The molecule has 0 aliphatic heterocycles. The number of anilines is 1. The van der Waals surface area contributed by atoms with E-state index < -0.39 is 6.10 Å². The second-order valence-corrected chi connectivity index (χ2v) is 5.59. The highest BCUT2D eigenvalue weighted by Crippen LogP contribution is 2.25. The lowest BCUT2D eigenvalue weighted by molar-refractivity contribution is 0.124. The van der Waals surface area contributed by atoms with E-state index in [1.54, 1.807) is 6.33 Å². The second kappa shape index (κ2) is 7.36. The number of fused-ring (bicyclic) bond motifs is 1. The van der Waals surface area contributed by atoms with Gasteiger partial charge in [-0.1, -0.05) is 39.0 Å². The maximum Gasteiger partial charge on any atom is 0.165 e. The molecule has 3 N–H and O–H groups in total. The lowest BCUT2D eigenvalue weighted by Gasteiger charge is -2.21. The quantitative estimate of drug-likeness (QED) is 0.730. The third kappa shape index (κ3) is 3.69. The van der Waals surface area contributed by atoms with Crippen LogP contribution in [0, 0.1) is 0 Å². The van der Waals surface area contributed by atoms with E-state index in [4.69, 9.17) is 5.73 Å². The molecule has 0 unspecified atom stereocenters. The zero-order valence-electron chi connectivity index (χ0n) is 12.9. The van der Waals surface area contributed by atoms with Crippen LogP contribution in [0.1, 0.15) is 58.4 Å². The van der Waals surface area contributed by atoms with E-state index in [2.05, 4.69) is 21.9 Å². The molecule has 0 aliphatic carbocycles. The van der Waals surface area contributed by atoms with E-state index in [9.17, 15) is 5.11 Å². The van der Waals surface area contributed by atoms with Crippen LogP contribution in [-0.2, 0) is 0 Å². The number of unbranched alkanes of at least 4 members (excludes halogenated alkanes) is 4. The molecule has 2 heterocycles. The Morgan fingerprint density at radius 3 is 2.67 bits per heavy atom. The summed E-state index contributed by atoms with van der Waals surface area (Å²) < 4.78 is 1.93. The molecule has 21 heavy (non-hydrogen) atoms. The largest absolute Gasteiger partial charge is 0.391 e. The Hall–Kier alpha value is -1.69. The van der Waals surface area contributed by atoms with Gasteiger partial charge in [0.05, 0.1) is 18.5 Å². The lowest BCUT2D eigenvalue weighted by Crippen LogP contribution is -2.21. The topological polar surface area (TPSA) is 89.8 Å². The number of nitrogens with zero attached hydrogens (tertiary/aromatic N) is 4. The minimum absolute atomic E-state index is 0.0223. The van der Waals surface area contributed by atoms with Crippen LogP contribution in [0.25, 0.3) is 11.2 Å². The third-order valence-corrected chi connectivity index (χ3v) is 3.90. The van der Waals surface area contributed by atoms with Crippen LogP contribution >= 0.6 is 0 Å². The molecule has 0 saturated carbocycles.